The maximum Gasteiger partial charge on any atom is 0.261 e. The van der Waals surface area contributed by atoms with Gasteiger partial charge < -0.3 is 4.74 Å². The lowest BCUT2D eigenvalue weighted by Gasteiger charge is -2.31. The zero-order valence-electron chi connectivity index (χ0n) is 23.6. The van der Waals surface area contributed by atoms with Gasteiger partial charge in [-0.25, -0.2) is 17.5 Å². The molecule has 0 unspecified atom stereocenters. The van der Waals surface area contributed by atoms with Gasteiger partial charge in [-0.2, -0.15) is 9.40 Å². The van der Waals surface area contributed by atoms with E-state index in [1.54, 1.807) is 36.4 Å². The predicted octanol–water partition coefficient (Wildman–Crippen LogP) is 3.95. The summed E-state index contributed by atoms with van der Waals surface area (Å²) in [7, 11) is -2.29. The Bertz CT molecular complexity index is 1650. The molecule has 2 atom stereocenters. The van der Waals surface area contributed by atoms with Gasteiger partial charge in [0.2, 0.25) is 10.0 Å². The molecule has 6 rings (SSSR count). The highest BCUT2D eigenvalue weighted by molar-refractivity contribution is 7.89. The lowest BCUT2D eigenvalue weighted by atomic mass is 9.80. The van der Waals surface area contributed by atoms with Gasteiger partial charge in [0.25, 0.3) is 11.8 Å². The number of nitrogens with zero attached hydrogens (tertiary/aromatic N) is 4. The Hall–Kier alpha value is -3.67. The van der Waals surface area contributed by atoms with E-state index < -0.39 is 21.8 Å². The third-order valence-corrected chi connectivity index (χ3v) is 10.6. The predicted molar refractivity (Wildman–Crippen MR) is 154 cm³/mol. The number of carbonyl (C=O) groups excluding carboxylic acids is 2. The van der Waals surface area contributed by atoms with Crippen LogP contribution >= 0.6 is 0 Å². The standard InChI is InChI=1S/C31H33FN4O5S/c1-20-27-18-33-36(24-11-9-23(32)10-12-24)28(27)17-21-7-8-22(29(20)21)19-34(13-15-41-2)42(39,40)16-14-35-30(37)25-5-3-4-6-26(25)31(35)38/h3-6,9-12,18,20,22H,7-8,13-17,19H2,1-2H3/t20-,22+/m0/s1. The lowest BCUT2D eigenvalue weighted by molar-refractivity contribution is 0.0663. The van der Waals surface area contributed by atoms with Gasteiger partial charge in [0.1, 0.15) is 5.82 Å². The summed E-state index contributed by atoms with van der Waals surface area (Å²) in [6, 6.07) is 12.8. The second-order valence-electron chi connectivity index (χ2n) is 11.1. The molecule has 0 saturated heterocycles. The number of fused-ring (bicyclic) bond motifs is 2. The largest absolute Gasteiger partial charge is 0.383 e. The molecule has 9 nitrogen and oxygen atoms in total. The van der Waals surface area contributed by atoms with Crippen molar-refractivity contribution in [2.24, 2.45) is 5.92 Å². The van der Waals surface area contributed by atoms with Crippen LogP contribution in [0.5, 0.6) is 0 Å². The van der Waals surface area contributed by atoms with Gasteiger partial charge in [-0.05, 0) is 55.2 Å². The minimum absolute atomic E-state index is 0.0308. The molecule has 2 amide bonds. The molecule has 1 aliphatic heterocycles. The molecule has 2 heterocycles. The third kappa shape index (κ3) is 4.99. The first-order chi connectivity index (χ1) is 20.2. The average Bonchev–Trinajstić information content (AvgIpc) is 3.66. The highest BCUT2D eigenvalue weighted by Crippen LogP contribution is 2.47. The average molecular weight is 593 g/mol. The number of sulfonamides is 1. The van der Waals surface area contributed by atoms with E-state index in [0.29, 0.717) is 24.1 Å². The molecule has 0 saturated carbocycles. The molecule has 220 valence electrons. The van der Waals surface area contributed by atoms with Crippen LogP contribution in [0.25, 0.3) is 5.69 Å². The highest BCUT2D eigenvalue weighted by Gasteiger charge is 2.40. The molecule has 0 N–H and O–H groups in total. The van der Waals surface area contributed by atoms with Crippen LogP contribution in [0, 0.1) is 11.7 Å². The number of benzene rings is 2. The Kier molecular flexibility index (Phi) is 7.59. The molecule has 2 aromatic carbocycles. The molecular formula is C31H33FN4O5S. The van der Waals surface area contributed by atoms with E-state index in [-0.39, 0.29) is 43.1 Å². The van der Waals surface area contributed by atoms with Crippen molar-refractivity contribution in [1.29, 1.82) is 0 Å². The number of rotatable bonds is 10. The fraction of sp³-hybridized carbons (Fsp3) is 0.387. The van der Waals surface area contributed by atoms with Crippen molar-refractivity contribution >= 4 is 21.8 Å². The quantitative estimate of drug-likeness (QED) is 0.261. The number of hydrogen-bond donors (Lipinski definition) is 0. The smallest absolute Gasteiger partial charge is 0.261 e. The topological polar surface area (TPSA) is 102 Å². The van der Waals surface area contributed by atoms with Crippen LogP contribution in [-0.2, 0) is 21.2 Å². The molecule has 0 radical (unpaired) electrons. The van der Waals surface area contributed by atoms with E-state index >= 15 is 0 Å². The first-order valence-electron chi connectivity index (χ1n) is 14.2. The van der Waals surface area contributed by atoms with Gasteiger partial charge in [0.05, 0.1) is 41.1 Å². The van der Waals surface area contributed by atoms with Gasteiger partial charge in [-0.3, -0.25) is 14.5 Å². The molecule has 0 bridgehead atoms. The number of hydrogen-bond acceptors (Lipinski definition) is 6. The van der Waals surface area contributed by atoms with Gasteiger partial charge in [0.15, 0.2) is 0 Å². The first-order valence-corrected chi connectivity index (χ1v) is 15.8. The van der Waals surface area contributed by atoms with Crippen molar-refractivity contribution in [2.75, 3.05) is 39.1 Å². The van der Waals surface area contributed by atoms with Crippen LogP contribution in [0.15, 0.2) is 65.9 Å². The monoisotopic (exact) mass is 592 g/mol. The maximum atomic E-state index is 13.7. The van der Waals surface area contributed by atoms with Gasteiger partial charge in [-0.1, -0.05) is 30.2 Å². The second kappa shape index (κ2) is 11.2. The van der Waals surface area contributed by atoms with Gasteiger partial charge >= 0.3 is 0 Å². The number of ether oxygens (including phenoxy) is 1. The van der Waals surface area contributed by atoms with Crippen LogP contribution in [0.3, 0.4) is 0 Å². The van der Waals surface area contributed by atoms with Crippen molar-refractivity contribution in [1.82, 2.24) is 19.0 Å². The van der Waals surface area contributed by atoms with Crippen molar-refractivity contribution in [3.63, 3.8) is 0 Å². The Balaban J connectivity index is 1.19. The molecule has 1 aromatic heterocycles. The molecule has 11 heteroatoms. The Morgan fingerprint density at radius 2 is 1.76 bits per heavy atom. The molecule has 0 spiro atoms. The van der Waals surface area contributed by atoms with Crippen LogP contribution in [-0.4, -0.2) is 78.3 Å². The number of imide groups is 1. The minimum atomic E-state index is -3.82. The van der Waals surface area contributed by atoms with E-state index in [4.69, 9.17) is 4.74 Å². The van der Waals surface area contributed by atoms with E-state index in [1.165, 1.54) is 34.7 Å². The number of allylic oxidation sites excluding steroid dienone is 1. The third-order valence-electron chi connectivity index (χ3n) is 8.74. The normalized spacial score (nSPS) is 20.0. The van der Waals surface area contributed by atoms with Crippen LogP contribution < -0.4 is 0 Å². The molecule has 0 fully saturated rings. The second-order valence-corrected chi connectivity index (χ2v) is 13.2. The summed E-state index contributed by atoms with van der Waals surface area (Å²) in [5.41, 5.74) is 6.15. The first kappa shape index (κ1) is 28.4. The molecule has 3 aromatic rings. The summed E-state index contributed by atoms with van der Waals surface area (Å²) in [5, 5.41) is 4.62. The summed E-state index contributed by atoms with van der Waals surface area (Å²) in [5.74, 6) is -1.49. The van der Waals surface area contributed by atoms with Crippen LogP contribution in [0.2, 0.25) is 0 Å². The molecular weight excluding hydrogens is 559 g/mol. The zero-order chi connectivity index (χ0) is 29.6. The molecule has 3 aliphatic rings. The summed E-state index contributed by atoms with van der Waals surface area (Å²) in [4.78, 5) is 26.6. The minimum Gasteiger partial charge on any atom is -0.383 e. The Morgan fingerprint density at radius 3 is 2.43 bits per heavy atom. The maximum absolute atomic E-state index is 13.7. The summed E-state index contributed by atoms with van der Waals surface area (Å²) in [6.45, 7) is 2.65. The van der Waals surface area contributed by atoms with E-state index in [9.17, 15) is 22.4 Å². The van der Waals surface area contributed by atoms with E-state index in [1.807, 2.05) is 10.9 Å². The fourth-order valence-corrected chi connectivity index (χ4v) is 8.07. The molecule has 42 heavy (non-hydrogen) atoms. The summed E-state index contributed by atoms with van der Waals surface area (Å²) in [6.07, 6.45) is 4.28. The summed E-state index contributed by atoms with van der Waals surface area (Å²) < 4.78 is 49.4. The lowest BCUT2D eigenvalue weighted by Crippen LogP contribution is -2.43. The number of carbonyl (C=O) groups is 2. The van der Waals surface area contributed by atoms with Gasteiger partial charge in [0, 0.05) is 44.6 Å². The SMILES string of the molecule is COCCN(C[C@H]1CCC2=C1[C@@H](C)c1cnn(-c3ccc(F)cc3)c1C2)S(=O)(=O)CCN1C(=O)c2ccccc2C1=O. The van der Waals surface area contributed by atoms with Crippen molar-refractivity contribution in [3.05, 3.63) is 94.1 Å². The van der Waals surface area contributed by atoms with Gasteiger partial charge in [-0.15, -0.1) is 0 Å². The summed E-state index contributed by atoms with van der Waals surface area (Å²) >= 11 is 0. The van der Waals surface area contributed by atoms with Crippen molar-refractivity contribution in [3.8, 4) is 5.69 Å². The van der Waals surface area contributed by atoms with Crippen molar-refractivity contribution in [2.45, 2.75) is 32.1 Å². The van der Waals surface area contributed by atoms with Crippen LogP contribution in [0.4, 0.5) is 4.39 Å². The number of amides is 2. The number of halogens is 1. The van der Waals surface area contributed by atoms with E-state index in [2.05, 4.69) is 12.0 Å². The zero-order valence-corrected chi connectivity index (χ0v) is 24.4. The fourth-order valence-electron chi connectivity index (χ4n) is 6.64. The Labute approximate surface area is 244 Å². The van der Waals surface area contributed by atoms with Crippen molar-refractivity contribution < 1.29 is 27.1 Å². The molecule has 2 aliphatic carbocycles. The Morgan fingerprint density at radius 1 is 1.07 bits per heavy atom. The van der Waals surface area contributed by atoms with E-state index in [0.717, 1.165) is 34.7 Å². The number of aromatic nitrogens is 2. The van der Waals surface area contributed by atoms with Crippen LogP contribution in [0.1, 0.15) is 57.7 Å². The number of methoxy groups -OCH3 is 1. The highest BCUT2D eigenvalue weighted by atomic mass is 32.2.